The first-order valence-corrected chi connectivity index (χ1v) is 6.01. The lowest BCUT2D eigenvalue weighted by atomic mass is 10.0. The second kappa shape index (κ2) is 4.47. The van der Waals surface area contributed by atoms with Gasteiger partial charge in [-0.2, -0.15) is 0 Å². The molecule has 3 heteroatoms. The van der Waals surface area contributed by atoms with Crippen molar-refractivity contribution >= 4 is 11.6 Å². The van der Waals surface area contributed by atoms with E-state index in [-0.39, 0.29) is 5.38 Å². The Morgan fingerprint density at radius 3 is 2.82 bits per heavy atom. The molecule has 3 rings (SSSR count). The Morgan fingerprint density at radius 1 is 1.12 bits per heavy atom. The first-order valence-electron chi connectivity index (χ1n) is 5.58. The van der Waals surface area contributed by atoms with Crippen LogP contribution in [-0.4, -0.2) is 4.98 Å². The predicted molar refractivity (Wildman–Crippen MR) is 66.9 cm³/mol. The van der Waals surface area contributed by atoms with Crippen molar-refractivity contribution in [3.05, 3.63) is 65.0 Å². The van der Waals surface area contributed by atoms with E-state index >= 15 is 0 Å². The molecule has 2 heterocycles. The maximum atomic E-state index is 6.45. The molecule has 17 heavy (non-hydrogen) atoms. The van der Waals surface area contributed by atoms with E-state index in [0.29, 0.717) is 6.61 Å². The summed E-state index contributed by atoms with van der Waals surface area (Å²) < 4.78 is 5.40. The van der Waals surface area contributed by atoms with E-state index < -0.39 is 0 Å². The number of fused-ring (bicyclic) bond motifs is 1. The van der Waals surface area contributed by atoms with E-state index in [2.05, 4.69) is 23.2 Å². The van der Waals surface area contributed by atoms with Gasteiger partial charge in [0.25, 0.3) is 0 Å². The number of rotatable bonds is 2. The normalized spacial score (nSPS) is 15.6. The van der Waals surface area contributed by atoms with Crippen molar-refractivity contribution < 1.29 is 4.74 Å². The number of ether oxygens (including phenoxy) is 1. The van der Waals surface area contributed by atoms with Gasteiger partial charge in [0.1, 0.15) is 0 Å². The molecule has 0 fully saturated rings. The van der Waals surface area contributed by atoms with Crippen LogP contribution in [0.3, 0.4) is 0 Å². The van der Waals surface area contributed by atoms with Crippen molar-refractivity contribution in [2.75, 3.05) is 0 Å². The Labute approximate surface area is 105 Å². The van der Waals surface area contributed by atoms with Gasteiger partial charge in [-0.3, -0.25) is 4.98 Å². The third-order valence-corrected chi connectivity index (χ3v) is 3.52. The molecule has 0 aliphatic carbocycles. The lowest BCUT2D eigenvalue weighted by Gasteiger charge is -2.11. The van der Waals surface area contributed by atoms with Crippen molar-refractivity contribution in [1.82, 2.24) is 4.98 Å². The highest BCUT2D eigenvalue weighted by Crippen LogP contribution is 2.31. The SMILES string of the molecule is ClC(c1cccnc1)c1ccc2c(c1)COC2. The summed E-state index contributed by atoms with van der Waals surface area (Å²) >= 11 is 6.45. The second-order valence-electron chi connectivity index (χ2n) is 4.17. The van der Waals surface area contributed by atoms with Gasteiger partial charge < -0.3 is 4.74 Å². The monoisotopic (exact) mass is 245 g/mol. The van der Waals surface area contributed by atoms with Crippen LogP contribution in [0.25, 0.3) is 0 Å². The standard InChI is InChI=1S/C14H12ClNO/c15-14(11-2-1-5-16-7-11)10-3-4-12-8-17-9-13(12)6-10/h1-7,14H,8-9H2. The van der Waals surface area contributed by atoms with Gasteiger partial charge in [-0.25, -0.2) is 0 Å². The highest BCUT2D eigenvalue weighted by molar-refractivity contribution is 6.22. The zero-order chi connectivity index (χ0) is 11.7. The van der Waals surface area contributed by atoms with E-state index in [1.807, 2.05) is 12.1 Å². The molecule has 0 saturated heterocycles. The first kappa shape index (κ1) is 10.8. The molecule has 1 aromatic heterocycles. The molecule has 0 spiro atoms. The predicted octanol–water partition coefficient (Wildman–Crippen LogP) is 3.44. The van der Waals surface area contributed by atoms with Crippen LogP contribution < -0.4 is 0 Å². The molecular weight excluding hydrogens is 234 g/mol. The minimum atomic E-state index is -0.144. The average molecular weight is 246 g/mol. The maximum Gasteiger partial charge on any atom is 0.0850 e. The number of hydrogen-bond donors (Lipinski definition) is 0. The Hall–Kier alpha value is -1.38. The Bertz CT molecular complexity index is 527. The summed E-state index contributed by atoms with van der Waals surface area (Å²) in [6, 6.07) is 10.2. The number of nitrogens with zero attached hydrogens (tertiary/aromatic N) is 1. The Balaban J connectivity index is 1.94. The van der Waals surface area contributed by atoms with Gasteiger partial charge in [0.2, 0.25) is 0 Å². The van der Waals surface area contributed by atoms with Crippen molar-refractivity contribution in [3.63, 3.8) is 0 Å². The molecular formula is C14H12ClNO. The van der Waals surface area contributed by atoms with Gasteiger partial charge in [-0.1, -0.05) is 24.3 Å². The average Bonchev–Trinajstić information content (AvgIpc) is 2.86. The molecule has 1 unspecified atom stereocenters. The third-order valence-electron chi connectivity index (χ3n) is 3.02. The molecule has 1 aliphatic heterocycles. The zero-order valence-electron chi connectivity index (χ0n) is 9.27. The molecule has 0 saturated carbocycles. The minimum Gasteiger partial charge on any atom is -0.372 e. The highest BCUT2D eigenvalue weighted by atomic mass is 35.5. The zero-order valence-corrected chi connectivity index (χ0v) is 10.0. The molecule has 86 valence electrons. The summed E-state index contributed by atoms with van der Waals surface area (Å²) in [6.07, 6.45) is 3.56. The van der Waals surface area contributed by atoms with Crippen LogP contribution in [0, 0.1) is 0 Å². The van der Waals surface area contributed by atoms with E-state index in [4.69, 9.17) is 16.3 Å². The summed E-state index contributed by atoms with van der Waals surface area (Å²) in [4.78, 5) is 4.09. The molecule has 1 aliphatic rings. The molecule has 0 amide bonds. The summed E-state index contributed by atoms with van der Waals surface area (Å²) in [5.41, 5.74) is 4.64. The van der Waals surface area contributed by atoms with Crippen molar-refractivity contribution in [1.29, 1.82) is 0 Å². The first-order chi connectivity index (χ1) is 8.34. The van der Waals surface area contributed by atoms with Gasteiger partial charge in [0.05, 0.1) is 18.6 Å². The van der Waals surface area contributed by atoms with Gasteiger partial charge in [-0.05, 0) is 28.3 Å². The Morgan fingerprint density at radius 2 is 2.00 bits per heavy atom. The number of benzene rings is 1. The minimum absolute atomic E-state index is 0.144. The van der Waals surface area contributed by atoms with Crippen LogP contribution in [0.5, 0.6) is 0 Å². The van der Waals surface area contributed by atoms with Crippen LogP contribution in [0.1, 0.15) is 27.6 Å². The molecule has 2 nitrogen and oxygen atoms in total. The largest absolute Gasteiger partial charge is 0.372 e. The molecule has 1 atom stereocenters. The summed E-state index contributed by atoms with van der Waals surface area (Å²) in [7, 11) is 0. The Kier molecular flexibility index (Phi) is 2.83. The second-order valence-corrected chi connectivity index (χ2v) is 4.61. The lowest BCUT2D eigenvalue weighted by Crippen LogP contribution is -1.95. The van der Waals surface area contributed by atoms with E-state index in [0.717, 1.165) is 17.7 Å². The fourth-order valence-electron chi connectivity index (χ4n) is 2.07. The fourth-order valence-corrected chi connectivity index (χ4v) is 2.33. The molecule has 0 bridgehead atoms. The quantitative estimate of drug-likeness (QED) is 0.757. The van der Waals surface area contributed by atoms with E-state index in [1.165, 1.54) is 11.1 Å². The fraction of sp³-hybridized carbons (Fsp3) is 0.214. The summed E-state index contributed by atoms with van der Waals surface area (Å²) in [5.74, 6) is 0. The van der Waals surface area contributed by atoms with Gasteiger partial charge >= 0.3 is 0 Å². The van der Waals surface area contributed by atoms with E-state index in [9.17, 15) is 0 Å². The van der Waals surface area contributed by atoms with Gasteiger partial charge in [0, 0.05) is 12.4 Å². The van der Waals surface area contributed by atoms with Crippen molar-refractivity contribution in [2.45, 2.75) is 18.6 Å². The van der Waals surface area contributed by atoms with Crippen molar-refractivity contribution in [3.8, 4) is 0 Å². The number of alkyl halides is 1. The number of aromatic nitrogens is 1. The van der Waals surface area contributed by atoms with Crippen LogP contribution in [0.2, 0.25) is 0 Å². The molecule has 1 aromatic carbocycles. The third kappa shape index (κ3) is 2.06. The van der Waals surface area contributed by atoms with Crippen molar-refractivity contribution in [2.24, 2.45) is 0 Å². The van der Waals surface area contributed by atoms with Gasteiger partial charge in [0.15, 0.2) is 0 Å². The lowest BCUT2D eigenvalue weighted by molar-refractivity contribution is 0.134. The molecule has 0 N–H and O–H groups in total. The summed E-state index contributed by atoms with van der Waals surface area (Å²) in [6.45, 7) is 1.41. The van der Waals surface area contributed by atoms with Crippen LogP contribution >= 0.6 is 11.6 Å². The highest BCUT2D eigenvalue weighted by Gasteiger charge is 2.16. The number of hydrogen-bond acceptors (Lipinski definition) is 2. The molecule has 2 aromatic rings. The van der Waals surface area contributed by atoms with Gasteiger partial charge in [-0.15, -0.1) is 11.6 Å². The van der Waals surface area contributed by atoms with Crippen LogP contribution in [-0.2, 0) is 18.0 Å². The topological polar surface area (TPSA) is 22.1 Å². The number of halogens is 1. The van der Waals surface area contributed by atoms with Crippen LogP contribution in [0.4, 0.5) is 0 Å². The van der Waals surface area contributed by atoms with Crippen LogP contribution in [0.15, 0.2) is 42.7 Å². The smallest absolute Gasteiger partial charge is 0.0850 e. The maximum absolute atomic E-state index is 6.45. The molecule has 0 radical (unpaired) electrons. The van der Waals surface area contributed by atoms with E-state index in [1.54, 1.807) is 12.4 Å². The summed E-state index contributed by atoms with van der Waals surface area (Å²) in [5, 5.41) is -0.144. The number of pyridine rings is 1.